The lowest BCUT2D eigenvalue weighted by Crippen LogP contribution is -2.30. The first kappa shape index (κ1) is 11.5. The molecule has 1 atom stereocenters. The van der Waals surface area contributed by atoms with Gasteiger partial charge in [-0.1, -0.05) is 12.1 Å². The molecule has 0 spiro atoms. The summed E-state index contributed by atoms with van der Waals surface area (Å²) in [5, 5.41) is 14.6. The molecule has 0 unspecified atom stereocenters. The number of hydrogen-bond acceptors (Lipinski definition) is 3. The van der Waals surface area contributed by atoms with Crippen LogP contribution in [0, 0.1) is 0 Å². The fraction of sp³-hybridized carbons (Fsp3) is 0.364. The highest BCUT2D eigenvalue weighted by atomic mass is 16.3. The Morgan fingerprint density at radius 2 is 2.13 bits per heavy atom. The number of anilines is 1. The quantitative estimate of drug-likeness (QED) is 0.687. The Balaban J connectivity index is 2.72. The van der Waals surface area contributed by atoms with Crippen LogP contribution in [0.3, 0.4) is 0 Å². The first-order valence-corrected chi connectivity index (χ1v) is 4.88. The second-order valence-corrected chi connectivity index (χ2v) is 3.35. The summed E-state index contributed by atoms with van der Waals surface area (Å²) in [6.07, 6.45) is -0.532. The summed E-state index contributed by atoms with van der Waals surface area (Å²) in [4.78, 5) is 11.7. The van der Waals surface area contributed by atoms with Crippen LogP contribution in [0.2, 0.25) is 0 Å². The predicted octanol–water partition coefficient (Wildman–Crippen LogP) is 0.839. The molecule has 1 aromatic rings. The highest BCUT2D eigenvalue weighted by molar-refractivity contribution is 5.99. The molecule has 3 N–H and O–H groups in total. The van der Waals surface area contributed by atoms with E-state index in [1.54, 1.807) is 26.1 Å². The second-order valence-electron chi connectivity index (χ2n) is 3.35. The van der Waals surface area contributed by atoms with Crippen molar-refractivity contribution < 1.29 is 9.90 Å². The predicted molar refractivity (Wildman–Crippen MR) is 60.0 cm³/mol. The van der Waals surface area contributed by atoms with Gasteiger partial charge in [0, 0.05) is 19.3 Å². The van der Waals surface area contributed by atoms with E-state index in [4.69, 9.17) is 5.11 Å². The lowest BCUT2D eigenvalue weighted by molar-refractivity contribution is 0.0925. The van der Waals surface area contributed by atoms with E-state index in [-0.39, 0.29) is 12.5 Å². The van der Waals surface area contributed by atoms with Crippen LogP contribution in [-0.2, 0) is 0 Å². The molecule has 4 heteroatoms. The number of rotatable bonds is 4. The maximum absolute atomic E-state index is 11.7. The zero-order valence-corrected chi connectivity index (χ0v) is 8.95. The van der Waals surface area contributed by atoms with E-state index < -0.39 is 6.10 Å². The van der Waals surface area contributed by atoms with Crippen LogP contribution in [0.15, 0.2) is 24.3 Å². The van der Waals surface area contributed by atoms with Crippen molar-refractivity contribution in [1.29, 1.82) is 0 Å². The fourth-order valence-corrected chi connectivity index (χ4v) is 1.23. The first-order chi connectivity index (χ1) is 7.15. The first-order valence-electron chi connectivity index (χ1n) is 4.88. The summed E-state index contributed by atoms with van der Waals surface area (Å²) >= 11 is 0. The minimum absolute atomic E-state index is 0.180. The number of amides is 1. The third-order valence-electron chi connectivity index (χ3n) is 2.00. The molecule has 0 fully saturated rings. The van der Waals surface area contributed by atoms with E-state index in [1.807, 2.05) is 12.1 Å². The average molecular weight is 208 g/mol. The van der Waals surface area contributed by atoms with Gasteiger partial charge in [0.05, 0.1) is 11.7 Å². The Labute approximate surface area is 89.3 Å². The van der Waals surface area contributed by atoms with E-state index in [1.165, 1.54) is 0 Å². The highest BCUT2D eigenvalue weighted by Crippen LogP contribution is 2.13. The van der Waals surface area contributed by atoms with Crippen molar-refractivity contribution in [3.05, 3.63) is 29.8 Å². The molecule has 0 aromatic heterocycles. The molecule has 15 heavy (non-hydrogen) atoms. The van der Waals surface area contributed by atoms with Crippen LogP contribution in [0.5, 0.6) is 0 Å². The zero-order chi connectivity index (χ0) is 11.3. The summed E-state index contributed by atoms with van der Waals surface area (Å²) in [6, 6.07) is 7.23. The topological polar surface area (TPSA) is 61.4 Å². The minimum atomic E-state index is -0.532. The number of carbonyl (C=O) groups is 1. The van der Waals surface area contributed by atoms with E-state index in [2.05, 4.69) is 10.6 Å². The van der Waals surface area contributed by atoms with Crippen LogP contribution in [0.1, 0.15) is 17.3 Å². The van der Waals surface area contributed by atoms with Crippen molar-refractivity contribution in [1.82, 2.24) is 5.32 Å². The Kier molecular flexibility index (Phi) is 4.12. The SMILES string of the molecule is CNc1ccccc1C(=O)NC[C@H](C)O. The molecule has 1 aromatic carbocycles. The maximum atomic E-state index is 11.7. The molecule has 0 heterocycles. The zero-order valence-electron chi connectivity index (χ0n) is 8.95. The molecule has 1 rings (SSSR count). The number of aliphatic hydroxyl groups is 1. The number of para-hydroxylation sites is 1. The van der Waals surface area contributed by atoms with E-state index in [0.717, 1.165) is 5.69 Å². The van der Waals surface area contributed by atoms with Gasteiger partial charge >= 0.3 is 0 Å². The number of benzene rings is 1. The van der Waals surface area contributed by atoms with Crippen LogP contribution in [0.4, 0.5) is 5.69 Å². The van der Waals surface area contributed by atoms with Crippen molar-refractivity contribution in [2.45, 2.75) is 13.0 Å². The van der Waals surface area contributed by atoms with Crippen LogP contribution in [0.25, 0.3) is 0 Å². The normalized spacial score (nSPS) is 11.9. The van der Waals surface area contributed by atoms with E-state index >= 15 is 0 Å². The molecule has 0 aliphatic carbocycles. The average Bonchev–Trinajstić information content (AvgIpc) is 2.25. The van der Waals surface area contributed by atoms with Crippen LogP contribution in [-0.4, -0.2) is 30.7 Å². The number of aliphatic hydroxyl groups excluding tert-OH is 1. The summed E-state index contributed by atoms with van der Waals surface area (Å²) in [7, 11) is 1.76. The smallest absolute Gasteiger partial charge is 0.253 e. The Hall–Kier alpha value is -1.55. The summed E-state index contributed by atoms with van der Waals surface area (Å²) in [5.74, 6) is -0.180. The summed E-state index contributed by atoms with van der Waals surface area (Å²) in [6.45, 7) is 1.89. The van der Waals surface area contributed by atoms with Gasteiger partial charge in [-0.2, -0.15) is 0 Å². The summed E-state index contributed by atoms with van der Waals surface area (Å²) < 4.78 is 0. The number of carbonyl (C=O) groups excluding carboxylic acids is 1. The van der Waals surface area contributed by atoms with E-state index in [0.29, 0.717) is 5.56 Å². The highest BCUT2D eigenvalue weighted by Gasteiger charge is 2.09. The van der Waals surface area contributed by atoms with Crippen molar-refractivity contribution >= 4 is 11.6 Å². The van der Waals surface area contributed by atoms with Crippen molar-refractivity contribution in [3.63, 3.8) is 0 Å². The Morgan fingerprint density at radius 1 is 1.47 bits per heavy atom. The third-order valence-corrected chi connectivity index (χ3v) is 2.00. The second kappa shape index (κ2) is 5.36. The van der Waals surface area contributed by atoms with Gasteiger partial charge in [-0.25, -0.2) is 0 Å². The van der Waals surface area contributed by atoms with Gasteiger partial charge in [-0.15, -0.1) is 0 Å². The van der Waals surface area contributed by atoms with Gasteiger partial charge in [0.25, 0.3) is 5.91 Å². The molecule has 4 nitrogen and oxygen atoms in total. The lowest BCUT2D eigenvalue weighted by atomic mass is 10.1. The number of hydrogen-bond donors (Lipinski definition) is 3. The van der Waals surface area contributed by atoms with Gasteiger partial charge in [0.1, 0.15) is 0 Å². The van der Waals surface area contributed by atoms with Crippen molar-refractivity contribution in [2.75, 3.05) is 18.9 Å². The molecular formula is C11H16N2O2. The maximum Gasteiger partial charge on any atom is 0.253 e. The monoisotopic (exact) mass is 208 g/mol. The van der Waals surface area contributed by atoms with Gasteiger partial charge in [0.2, 0.25) is 0 Å². The fourth-order valence-electron chi connectivity index (χ4n) is 1.23. The standard InChI is InChI=1S/C11H16N2O2/c1-8(14)7-13-11(15)9-5-3-4-6-10(9)12-2/h3-6,8,12,14H,7H2,1-2H3,(H,13,15)/t8-/m0/s1. The van der Waals surface area contributed by atoms with Crippen molar-refractivity contribution in [3.8, 4) is 0 Å². The van der Waals surface area contributed by atoms with Gasteiger partial charge in [0.15, 0.2) is 0 Å². The molecular weight excluding hydrogens is 192 g/mol. The molecule has 0 aliphatic heterocycles. The molecule has 0 radical (unpaired) electrons. The van der Waals surface area contributed by atoms with Gasteiger partial charge in [-0.05, 0) is 19.1 Å². The molecule has 82 valence electrons. The Bertz CT molecular complexity index is 337. The molecule has 0 saturated heterocycles. The molecule has 1 amide bonds. The Morgan fingerprint density at radius 3 is 2.73 bits per heavy atom. The molecule has 0 bridgehead atoms. The number of nitrogens with one attached hydrogen (secondary N) is 2. The lowest BCUT2D eigenvalue weighted by Gasteiger charge is -2.10. The van der Waals surface area contributed by atoms with Gasteiger partial charge < -0.3 is 15.7 Å². The minimum Gasteiger partial charge on any atom is -0.392 e. The van der Waals surface area contributed by atoms with Gasteiger partial charge in [-0.3, -0.25) is 4.79 Å². The van der Waals surface area contributed by atoms with Crippen LogP contribution < -0.4 is 10.6 Å². The van der Waals surface area contributed by atoms with Crippen LogP contribution >= 0.6 is 0 Å². The van der Waals surface area contributed by atoms with E-state index in [9.17, 15) is 4.79 Å². The largest absolute Gasteiger partial charge is 0.392 e. The molecule has 0 aliphatic rings. The summed E-state index contributed by atoms with van der Waals surface area (Å²) in [5.41, 5.74) is 1.36. The molecule has 0 saturated carbocycles. The van der Waals surface area contributed by atoms with Crippen molar-refractivity contribution in [2.24, 2.45) is 0 Å². The third kappa shape index (κ3) is 3.25.